The lowest BCUT2D eigenvalue weighted by molar-refractivity contribution is -0.127. The van der Waals surface area contributed by atoms with Gasteiger partial charge in [0.25, 0.3) is 0 Å². The molecular formula is C15H18ClN3O4S. The summed E-state index contributed by atoms with van der Waals surface area (Å²) in [6.07, 6.45) is 0.857. The second-order valence-electron chi connectivity index (χ2n) is 5.92. The van der Waals surface area contributed by atoms with Crippen LogP contribution in [0.1, 0.15) is 18.4 Å². The van der Waals surface area contributed by atoms with Crippen molar-refractivity contribution >= 4 is 33.6 Å². The van der Waals surface area contributed by atoms with Crippen molar-refractivity contribution in [3.63, 3.8) is 0 Å². The molecule has 2 aliphatic heterocycles. The molecule has 3 rings (SSSR count). The molecule has 2 aliphatic rings. The number of hydrogen-bond acceptors (Lipinski definition) is 4. The molecule has 0 radical (unpaired) electrons. The molecule has 2 fully saturated rings. The number of hydrogen-bond donors (Lipinski definition) is 1. The van der Waals surface area contributed by atoms with E-state index in [0.29, 0.717) is 23.4 Å². The van der Waals surface area contributed by atoms with E-state index in [0.717, 1.165) is 0 Å². The Balaban J connectivity index is 1.75. The first-order valence-corrected chi connectivity index (χ1v) is 9.49. The number of sulfonamides is 1. The van der Waals surface area contributed by atoms with Crippen LogP contribution in [0.25, 0.3) is 0 Å². The molecule has 130 valence electrons. The van der Waals surface area contributed by atoms with E-state index < -0.39 is 16.1 Å². The maximum atomic E-state index is 12.8. The number of imide groups is 1. The van der Waals surface area contributed by atoms with Crippen LogP contribution in [0.15, 0.2) is 23.1 Å². The zero-order valence-electron chi connectivity index (χ0n) is 13.2. The lowest BCUT2D eigenvalue weighted by Crippen LogP contribution is -2.49. The number of piperidine rings is 1. The van der Waals surface area contributed by atoms with Gasteiger partial charge in [-0.1, -0.05) is 17.7 Å². The van der Waals surface area contributed by atoms with E-state index in [-0.39, 0.29) is 36.5 Å². The lowest BCUT2D eigenvalue weighted by Gasteiger charge is -2.34. The second-order valence-corrected chi connectivity index (χ2v) is 8.23. The predicted octanol–water partition coefficient (Wildman–Crippen LogP) is 1.35. The largest absolute Gasteiger partial charge is 0.329 e. The number of urea groups is 1. The highest BCUT2D eigenvalue weighted by Crippen LogP contribution is 2.28. The Morgan fingerprint density at radius 3 is 2.46 bits per heavy atom. The van der Waals surface area contributed by atoms with Gasteiger partial charge in [-0.2, -0.15) is 4.31 Å². The number of nitrogens with zero attached hydrogens (tertiary/aromatic N) is 2. The molecule has 1 N–H and O–H groups in total. The summed E-state index contributed by atoms with van der Waals surface area (Å²) in [7, 11) is -3.64. The van der Waals surface area contributed by atoms with Gasteiger partial charge in [0.1, 0.15) is 0 Å². The standard InChI is InChI=1S/C15H18ClN3O4S/c1-10-12(16)3-2-4-13(10)24(22,23)18-7-5-11(6-8-18)19-14(20)9-17-15(19)21/h2-4,11H,5-9H2,1H3,(H,17,21). The molecule has 2 saturated heterocycles. The van der Waals surface area contributed by atoms with E-state index in [1.54, 1.807) is 25.1 Å². The summed E-state index contributed by atoms with van der Waals surface area (Å²) in [5, 5.41) is 2.90. The zero-order chi connectivity index (χ0) is 17.5. The van der Waals surface area contributed by atoms with Crippen LogP contribution in [0, 0.1) is 6.92 Å². The Hall–Kier alpha value is -1.64. The average Bonchev–Trinajstić information content (AvgIpc) is 2.89. The maximum Gasteiger partial charge on any atom is 0.324 e. The number of carbonyl (C=O) groups is 2. The molecular weight excluding hydrogens is 354 g/mol. The zero-order valence-corrected chi connectivity index (χ0v) is 14.7. The van der Waals surface area contributed by atoms with Crippen molar-refractivity contribution in [1.29, 1.82) is 0 Å². The van der Waals surface area contributed by atoms with Crippen LogP contribution < -0.4 is 5.32 Å². The first kappa shape index (κ1) is 17.2. The molecule has 1 aromatic rings. The van der Waals surface area contributed by atoms with Crippen molar-refractivity contribution in [2.45, 2.75) is 30.7 Å². The van der Waals surface area contributed by atoms with Gasteiger partial charge in [-0.05, 0) is 37.5 Å². The number of benzene rings is 1. The van der Waals surface area contributed by atoms with E-state index in [4.69, 9.17) is 11.6 Å². The first-order valence-electron chi connectivity index (χ1n) is 7.67. The van der Waals surface area contributed by atoms with Crippen molar-refractivity contribution in [2.24, 2.45) is 0 Å². The quantitative estimate of drug-likeness (QED) is 0.812. The molecule has 0 atom stereocenters. The van der Waals surface area contributed by atoms with Gasteiger partial charge < -0.3 is 5.32 Å². The molecule has 7 nitrogen and oxygen atoms in total. The lowest BCUT2D eigenvalue weighted by atomic mass is 10.1. The van der Waals surface area contributed by atoms with Gasteiger partial charge in [0.05, 0.1) is 11.4 Å². The van der Waals surface area contributed by atoms with Gasteiger partial charge >= 0.3 is 6.03 Å². The first-order chi connectivity index (χ1) is 11.3. The fourth-order valence-electron chi connectivity index (χ4n) is 3.15. The van der Waals surface area contributed by atoms with Crippen molar-refractivity contribution in [3.05, 3.63) is 28.8 Å². The summed E-state index contributed by atoms with van der Waals surface area (Å²) < 4.78 is 27.0. The Morgan fingerprint density at radius 2 is 1.88 bits per heavy atom. The minimum Gasteiger partial charge on any atom is -0.329 e. The third-order valence-electron chi connectivity index (χ3n) is 4.50. The molecule has 9 heteroatoms. The molecule has 2 heterocycles. The molecule has 0 bridgehead atoms. The summed E-state index contributed by atoms with van der Waals surface area (Å²) in [6, 6.07) is 4.15. The molecule has 0 spiro atoms. The number of rotatable bonds is 3. The normalized spacial score (nSPS) is 20.5. The van der Waals surface area contributed by atoms with Gasteiger partial charge in [0, 0.05) is 24.2 Å². The van der Waals surface area contributed by atoms with Crippen LogP contribution in [-0.4, -0.2) is 55.2 Å². The van der Waals surface area contributed by atoms with Crippen LogP contribution in [0.5, 0.6) is 0 Å². The van der Waals surface area contributed by atoms with Crippen molar-refractivity contribution in [3.8, 4) is 0 Å². The molecule has 1 aromatic carbocycles. The summed E-state index contributed by atoms with van der Waals surface area (Å²) >= 11 is 6.03. The van der Waals surface area contributed by atoms with E-state index in [9.17, 15) is 18.0 Å². The third kappa shape index (κ3) is 2.89. The van der Waals surface area contributed by atoms with Crippen molar-refractivity contribution in [2.75, 3.05) is 19.6 Å². The fourth-order valence-corrected chi connectivity index (χ4v) is 5.10. The van der Waals surface area contributed by atoms with Gasteiger partial charge in [-0.3, -0.25) is 9.69 Å². The topological polar surface area (TPSA) is 86.8 Å². The molecule has 0 aliphatic carbocycles. The van der Waals surface area contributed by atoms with Gasteiger partial charge in [0.15, 0.2) is 0 Å². The van der Waals surface area contributed by atoms with Gasteiger partial charge in [-0.25, -0.2) is 13.2 Å². The van der Waals surface area contributed by atoms with Crippen LogP contribution >= 0.6 is 11.6 Å². The Morgan fingerprint density at radius 1 is 1.21 bits per heavy atom. The molecule has 3 amide bonds. The van der Waals surface area contributed by atoms with Crippen LogP contribution in [0.3, 0.4) is 0 Å². The van der Waals surface area contributed by atoms with Gasteiger partial charge in [0.2, 0.25) is 15.9 Å². The maximum absolute atomic E-state index is 12.8. The summed E-state index contributed by atoms with van der Waals surface area (Å²) in [5.74, 6) is -0.257. The summed E-state index contributed by atoms with van der Waals surface area (Å²) in [6.45, 7) is 2.21. The highest BCUT2D eigenvalue weighted by atomic mass is 35.5. The smallest absolute Gasteiger partial charge is 0.324 e. The van der Waals surface area contributed by atoms with E-state index in [1.807, 2.05) is 0 Å². The van der Waals surface area contributed by atoms with E-state index >= 15 is 0 Å². The minimum atomic E-state index is -3.64. The summed E-state index contributed by atoms with van der Waals surface area (Å²) in [4.78, 5) is 24.9. The highest BCUT2D eigenvalue weighted by Gasteiger charge is 2.39. The number of nitrogens with one attached hydrogen (secondary N) is 1. The Kier molecular flexibility index (Phi) is 4.54. The Labute approximate surface area is 145 Å². The fraction of sp³-hybridized carbons (Fsp3) is 0.467. The summed E-state index contributed by atoms with van der Waals surface area (Å²) in [5.41, 5.74) is 0.524. The third-order valence-corrected chi connectivity index (χ3v) is 6.96. The van der Waals surface area contributed by atoms with Crippen LogP contribution in [0.4, 0.5) is 4.79 Å². The molecule has 24 heavy (non-hydrogen) atoms. The monoisotopic (exact) mass is 371 g/mol. The second kappa shape index (κ2) is 6.34. The molecule has 0 unspecified atom stereocenters. The predicted molar refractivity (Wildman–Crippen MR) is 88.2 cm³/mol. The molecule has 0 saturated carbocycles. The van der Waals surface area contributed by atoms with E-state index in [2.05, 4.69) is 5.32 Å². The number of amides is 3. The number of carbonyl (C=O) groups excluding carboxylic acids is 2. The van der Waals surface area contributed by atoms with Gasteiger partial charge in [-0.15, -0.1) is 0 Å². The van der Waals surface area contributed by atoms with E-state index in [1.165, 1.54) is 9.21 Å². The van der Waals surface area contributed by atoms with Crippen molar-refractivity contribution in [1.82, 2.24) is 14.5 Å². The van der Waals surface area contributed by atoms with Crippen LogP contribution in [0.2, 0.25) is 5.02 Å². The highest BCUT2D eigenvalue weighted by molar-refractivity contribution is 7.89. The van der Waals surface area contributed by atoms with Crippen LogP contribution in [-0.2, 0) is 14.8 Å². The SMILES string of the molecule is Cc1c(Cl)cccc1S(=O)(=O)N1CCC(N2C(=O)CNC2=O)CC1. The average molecular weight is 372 g/mol. The Bertz CT molecular complexity index is 772. The number of halogens is 1. The molecule has 0 aromatic heterocycles. The minimum absolute atomic E-state index is 0.0130. The van der Waals surface area contributed by atoms with Crippen molar-refractivity contribution < 1.29 is 18.0 Å².